The Bertz CT molecular complexity index is 1250. The summed E-state index contributed by atoms with van der Waals surface area (Å²) < 4.78 is 21.3. The van der Waals surface area contributed by atoms with Gasteiger partial charge in [-0.15, -0.1) is 16.8 Å². The summed E-state index contributed by atoms with van der Waals surface area (Å²) in [5, 5.41) is 12.3. The van der Waals surface area contributed by atoms with Crippen LogP contribution in [0.2, 0.25) is 0 Å². The third-order valence-corrected chi connectivity index (χ3v) is 6.21. The fourth-order valence-electron chi connectivity index (χ4n) is 2.96. The second-order valence-electron chi connectivity index (χ2n) is 6.37. The standard InChI is InChI=1S/C21H18FN5O2S2/c1-3-10-27-19(14-6-4-5-7-16(14)29-2)25-26-21(27)30-12-18(28)24-20-23-15-9-8-13(22)11-17(15)31-20/h3-9,11H,1,10,12H2,2H3,(H,23,24,28). The number of amides is 1. The second kappa shape index (κ2) is 9.27. The zero-order valence-electron chi connectivity index (χ0n) is 16.5. The number of thiazole rings is 1. The smallest absolute Gasteiger partial charge is 0.236 e. The molecule has 10 heteroatoms. The molecular formula is C21H18FN5O2S2. The van der Waals surface area contributed by atoms with Gasteiger partial charge in [-0.1, -0.05) is 41.3 Å². The molecule has 4 aromatic rings. The number of hydrogen-bond donors (Lipinski definition) is 1. The first-order valence-electron chi connectivity index (χ1n) is 9.25. The van der Waals surface area contributed by atoms with Crippen molar-refractivity contribution in [3.63, 3.8) is 0 Å². The molecule has 1 N–H and O–H groups in total. The van der Waals surface area contributed by atoms with Crippen molar-refractivity contribution in [1.29, 1.82) is 0 Å². The SMILES string of the molecule is C=CCn1c(SCC(=O)Nc2nc3ccc(F)cc3s2)nnc1-c1ccccc1OC. The molecule has 7 nitrogen and oxygen atoms in total. The summed E-state index contributed by atoms with van der Waals surface area (Å²) in [6, 6.07) is 11.9. The summed E-state index contributed by atoms with van der Waals surface area (Å²) in [4.78, 5) is 16.7. The molecule has 1 amide bonds. The topological polar surface area (TPSA) is 81.9 Å². The summed E-state index contributed by atoms with van der Waals surface area (Å²) in [6.45, 7) is 4.28. The molecular weight excluding hydrogens is 437 g/mol. The van der Waals surface area contributed by atoms with E-state index in [1.54, 1.807) is 19.3 Å². The van der Waals surface area contributed by atoms with E-state index in [1.807, 2.05) is 28.8 Å². The molecule has 4 rings (SSSR count). The van der Waals surface area contributed by atoms with Gasteiger partial charge in [0, 0.05) is 6.54 Å². The summed E-state index contributed by atoms with van der Waals surface area (Å²) in [6.07, 6.45) is 1.74. The van der Waals surface area contributed by atoms with Crippen molar-refractivity contribution in [2.45, 2.75) is 11.7 Å². The van der Waals surface area contributed by atoms with Crippen LogP contribution in [0.4, 0.5) is 9.52 Å². The number of anilines is 1. The van der Waals surface area contributed by atoms with E-state index in [-0.39, 0.29) is 17.5 Å². The van der Waals surface area contributed by atoms with Gasteiger partial charge >= 0.3 is 0 Å². The van der Waals surface area contributed by atoms with Crippen molar-refractivity contribution in [3.05, 3.63) is 60.9 Å². The molecule has 0 unspecified atom stereocenters. The largest absolute Gasteiger partial charge is 0.496 e. The minimum Gasteiger partial charge on any atom is -0.496 e. The fraction of sp³-hybridized carbons (Fsp3) is 0.143. The van der Waals surface area contributed by atoms with Gasteiger partial charge in [0.2, 0.25) is 5.91 Å². The monoisotopic (exact) mass is 455 g/mol. The number of fused-ring (bicyclic) bond motifs is 1. The number of carbonyl (C=O) groups is 1. The number of methoxy groups -OCH3 is 1. The lowest BCUT2D eigenvalue weighted by Gasteiger charge is -2.10. The molecule has 0 spiro atoms. The third kappa shape index (κ3) is 4.59. The predicted molar refractivity (Wildman–Crippen MR) is 121 cm³/mol. The third-order valence-electron chi connectivity index (χ3n) is 4.31. The van der Waals surface area contributed by atoms with Crippen molar-refractivity contribution in [2.24, 2.45) is 0 Å². The average Bonchev–Trinajstić information content (AvgIpc) is 3.35. The molecule has 2 heterocycles. The number of aromatic nitrogens is 4. The van der Waals surface area contributed by atoms with Crippen LogP contribution in [0.15, 0.2) is 60.3 Å². The highest BCUT2D eigenvalue weighted by Crippen LogP contribution is 2.31. The molecule has 2 aromatic carbocycles. The molecule has 0 atom stereocenters. The maximum Gasteiger partial charge on any atom is 0.236 e. The summed E-state index contributed by atoms with van der Waals surface area (Å²) in [7, 11) is 1.60. The molecule has 0 fully saturated rings. The van der Waals surface area contributed by atoms with Crippen LogP contribution in [0.3, 0.4) is 0 Å². The van der Waals surface area contributed by atoms with E-state index < -0.39 is 0 Å². The van der Waals surface area contributed by atoms with Crippen molar-refractivity contribution in [3.8, 4) is 17.1 Å². The summed E-state index contributed by atoms with van der Waals surface area (Å²) in [5.74, 6) is 0.856. The molecule has 2 aromatic heterocycles. The minimum absolute atomic E-state index is 0.117. The maximum absolute atomic E-state index is 13.3. The number of allylic oxidation sites excluding steroid dienone is 1. The van der Waals surface area contributed by atoms with Gasteiger partial charge in [-0.2, -0.15) is 0 Å². The lowest BCUT2D eigenvalue weighted by atomic mass is 10.2. The van der Waals surface area contributed by atoms with Gasteiger partial charge in [0.25, 0.3) is 0 Å². The van der Waals surface area contributed by atoms with Crippen LogP contribution in [-0.2, 0) is 11.3 Å². The van der Waals surface area contributed by atoms with Crippen LogP contribution < -0.4 is 10.1 Å². The lowest BCUT2D eigenvalue weighted by molar-refractivity contribution is -0.113. The number of nitrogens with zero attached hydrogens (tertiary/aromatic N) is 4. The number of thioether (sulfide) groups is 1. The van der Waals surface area contributed by atoms with Crippen LogP contribution in [0.5, 0.6) is 5.75 Å². The molecule has 0 aliphatic heterocycles. The maximum atomic E-state index is 13.3. The van der Waals surface area contributed by atoms with E-state index in [0.717, 1.165) is 5.56 Å². The Hall–Kier alpha value is -3.24. The van der Waals surface area contributed by atoms with Gasteiger partial charge in [-0.25, -0.2) is 9.37 Å². The van der Waals surface area contributed by atoms with Gasteiger partial charge in [-0.05, 0) is 30.3 Å². The highest BCUT2D eigenvalue weighted by atomic mass is 32.2. The highest BCUT2D eigenvalue weighted by molar-refractivity contribution is 7.99. The van der Waals surface area contributed by atoms with E-state index in [2.05, 4.69) is 27.1 Å². The Morgan fingerprint density at radius 2 is 2.16 bits per heavy atom. The number of carbonyl (C=O) groups excluding carboxylic acids is 1. The number of para-hydroxylation sites is 1. The number of rotatable bonds is 8. The molecule has 0 bridgehead atoms. The van der Waals surface area contributed by atoms with Crippen LogP contribution in [0, 0.1) is 5.82 Å². The van der Waals surface area contributed by atoms with Gasteiger partial charge in [0.05, 0.1) is 28.6 Å². The molecule has 0 radical (unpaired) electrons. The zero-order chi connectivity index (χ0) is 21.8. The predicted octanol–water partition coefficient (Wildman–Crippen LogP) is 4.62. The van der Waals surface area contributed by atoms with Gasteiger partial charge in [0.1, 0.15) is 11.6 Å². The Kier molecular flexibility index (Phi) is 6.28. The first-order valence-corrected chi connectivity index (χ1v) is 11.1. The van der Waals surface area contributed by atoms with E-state index in [1.165, 1.54) is 35.2 Å². The minimum atomic E-state index is -0.336. The second-order valence-corrected chi connectivity index (χ2v) is 8.35. The van der Waals surface area contributed by atoms with E-state index in [9.17, 15) is 9.18 Å². The Labute approximate surface area is 186 Å². The van der Waals surface area contributed by atoms with E-state index in [4.69, 9.17) is 4.74 Å². The fourth-order valence-corrected chi connectivity index (χ4v) is 4.61. The van der Waals surface area contributed by atoms with Gasteiger partial charge in [0.15, 0.2) is 16.1 Å². The van der Waals surface area contributed by atoms with E-state index in [0.29, 0.717) is 38.6 Å². The van der Waals surface area contributed by atoms with Crippen molar-refractivity contribution in [1.82, 2.24) is 19.7 Å². The van der Waals surface area contributed by atoms with Crippen molar-refractivity contribution < 1.29 is 13.9 Å². The average molecular weight is 456 g/mol. The van der Waals surface area contributed by atoms with Crippen LogP contribution in [-0.4, -0.2) is 38.5 Å². The Morgan fingerprint density at radius 1 is 1.32 bits per heavy atom. The van der Waals surface area contributed by atoms with Crippen molar-refractivity contribution in [2.75, 3.05) is 18.2 Å². The first kappa shape index (κ1) is 21.0. The Morgan fingerprint density at radius 3 is 2.97 bits per heavy atom. The van der Waals surface area contributed by atoms with Crippen LogP contribution in [0.25, 0.3) is 21.6 Å². The number of ether oxygens (including phenoxy) is 1. The highest BCUT2D eigenvalue weighted by Gasteiger charge is 2.18. The molecule has 0 saturated carbocycles. The molecule has 31 heavy (non-hydrogen) atoms. The lowest BCUT2D eigenvalue weighted by Crippen LogP contribution is -2.14. The number of benzene rings is 2. The van der Waals surface area contributed by atoms with Crippen LogP contribution >= 0.6 is 23.1 Å². The zero-order valence-corrected chi connectivity index (χ0v) is 18.2. The number of hydrogen-bond acceptors (Lipinski definition) is 7. The summed E-state index contributed by atoms with van der Waals surface area (Å²) in [5.41, 5.74) is 1.44. The normalized spacial score (nSPS) is 10.9. The van der Waals surface area contributed by atoms with Gasteiger partial charge in [-0.3, -0.25) is 9.36 Å². The molecule has 0 aliphatic rings. The molecule has 0 aliphatic carbocycles. The quantitative estimate of drug-likeness (QED) is 0.308. The van der Waals surface area contributed by atoms with Crippen molar-refractivity contribution >= 4 is 44.4 Å². The van der Waals surface area contributed by atoms with E-state index >= 15 is 0 Å². The number of halogens is 1. The summed E-state index contributed by atoms with van der Waals surface area (Å²) >= 11 is 2.48. The number of nitrogens with one attached hydrogen (secondary N) is 1. The molecule has 0 saturated heterocycles. The Balaban J connectivity index is 1.49. The van der Waals surface area contributed by atoms with Gasteiger partial charge < -0.3 is 10.1 Å². The van der Waals surface area contributed by atoms with Crippen LogP contribution in [0.1, 0.15) is 0 Å². The molecule has 158 valence electrons. The first-order chi connectivity index (χ1) is 15.1.